The standard InChI is InChI=1S/C6H7N3O.Cu.H2O4S.2H2O/c7-9-6(10)5-1-3-8-4-2-5;;1-5(2,3)4;;/h1-4H,(H3,7,8,9,10);;(H2,1,2,3,4);2*1H2/q;+2;;;/p-2. The van der Waals surface area contributed by atoms with Crippen molar-refractivity contribution in [3.05, 3.63) is 35.9 Å². The van der Waals surface area contributed by atoms with Crippen LogP contribution in [0.2, 0.25) is 0 Å². The Morgan fingerprint density at radius 1 is 1.33 bits per heavy atom. The molecule has 1 heterocycles. The molecule has 0 aliphatic heterocycles. The molecule has 0 aliphatic rings. The summed E-state index contributed by atoms with van der Waals surface area (Å²) in [4.78, 5) is 14.4. The van der Waals surface area contributed by atoms with Gasteiger partial charge in [-0.05, 0) is 12.1 Å². The Balaban J connectivity index is -0.000000109. The fourth-order valence-corrected chi connectivity index (χ4v) is 0.575. The fourth-order valence-electron chi connectivity index (χ4n) is 0.575. The molecule has 0 aromatic carbocycles. The number of hydrogen-bond donors (Lipinski definition) is 2. The molecule has 1 amide bonds. The van der Waals surface area contributed by atoms with E-state index in [-0.39, 0.29) is 28.0 Å². The SMILES string of the molecule is O.O.O=S(=O)([O-])O.[Cu+2].[NH-]NC(=O)c1ccncc1. The second kappa shape index (κ2) is 12.3. The van der Waals surface area contributed by atoms with Crippen molar-refractivity contribution >= 4 is 16.3 Å². The first-order valence-corrected chi connectivity index (χ1v) is 4.76. The molecule has 12 heteroatoms. The molecule has 0 fully saturated rings. The molecule has 0 saturated heterocycles. The van der Waals surface area contributed by atoms with Gasteiger partial charge in [-0.1, -0.05) is 0 Å². The minimum Gasteiger partial charge on any atom is -0.726 e. The molecule has 0 unspecified atom stereocenters. The third-order valence-corrected chi connectivity index (χ3v) is 1.06. The van der Waals surface area contributed by atoms with E-state index in [9.17, 15) is 4.79 Å². The van der Waals surface area contributed by atoms with E-state index in [0.717, 1.165) is 0 Å². The van der Waals surface area contributed by atoms with E-state index in [1.807, 2.05) is 0 Å². The molecule has 1 aromatic rings. The number of pyridine rings is 1. The van der Waals surface area contributed by atoms with Crippen molar-refractivity contribution in [2.24, 2.45) is 0 Å². The fraction of sp³-hybridized carbons (Fsp3) is 0. The Kier molecular flexibility index (Phi) is 17.6. The zero-order valence-electron chi connectivity index (χ0n) is 8.55. The third-order valence-electron chi connectivity index (χ3n) is 1.06. The van der Waals surface area contributed by atoms with Crippen LogP contribution >= 0.6 is 0 Å². The molecule has 0 spiro atoms. The van der Waals surface area contributed by atoms with E-state index in [4.69, 9.17) is 23.4 Å². The van der Waals surface area contributed by atoms with Gasteiger partial charge in [-0.25, -0.2) is 8.42 Å². The molecule has 109 valence electrons. The first kappa shape index (κ1) is 25.7. The maximum Gasteiger partial charge on any atom is 2.00 e. The van der Waals surface area contributed by atoms with Gasteiger partial charge >= 0.3 is 17.1 Å². The van der Waals surface area contributed by atoms with Crippen LogP contribution in [0.25, 0.3) is 5.84 Å². The summed E-state index contributed by atoms with van der Waals surface area (Å²) in [5.74, 6) is 6.11. The number of aromatic nitrogens is 1. The van der Waals surface area contributed by atoms with E-state index in [1.54, 1.807) is 17.6 Å². The van der Waals surface area contributed by atoms with E-state index in [0.29, 0.717) is 5.56 Å². The van der Waals surface area contributed by atoms with Gasteiger partial charge in [0.15, 0.2) is 0 Å². The van der Waals surface area contributed by atoms with Gasteiger partial charge in [-0.2, -0.15) is 0 Å². The second-order valence-corrected chi connectivity index (χ2v) is 2.97. The van der Waals surface area contributed by atoms with Gasteiger partial charge in [0, 0.05) is 18.0 Å². The molecule has 0 bridgehead atoms. The minimum absolute atomic E-state index is 0. The van der Waals surface area contributed by atoms with E-state index < -0.39 is 16.3 Å². The normalized spacial score (nSPS) is 8.17. The Labute approximate surface area is 113 Å². The van der Waals surface area contributed by atoms with Crippen LogP contribution in [0.3, 0.4) is 0 Å². The van der Waals surface area contributed by atoms with Crippen LogP contribution < -0.4 is 5.43 Å². The van der Waals surface area contributed by atoms with Gasteiger partial charge in [0.2, 0.25) is 16.3 Å². The van der Waals surface area contributed by atoms with E-state index >= 15 is 0 Å². The summed E-state index contributed by atoms with van der Waals surface area (Å²) in [5, 5.41) is 0. The molecule has 1 rings (SSSR count). The van der Waals surface area contributed by atoms with E-state index in [2.05, 4.69) is 4.98 Å². The summed E-state index contributed by atoms with van der Waals surface area (Å²) >= 11 is 0. The number of carbonyl (C=O) groups excluding carboxylic acids is 1. The molecular weight excluding hydrogens is 322 g/mol. The van der Waals surface area contributed by atoms with Crippen LogP contribution in [0, 0.1) is 0 Å². The van der Waals surface area contributed by atoms with Crippen molar-refractivity contribution in [3.8, 4) is 0 Å². The van der Waals surface area contributed by atoms with Crippen LogP contribution in [0.1, 0.15) is 10.4 Å². The van der Waals surface area contributed by atoms with Crippen molar-refractivity contribution in [1.82, 2.24) is 10.4 Å². The Morgan fingerprint density at radius 2 is 1.67 bits per heavy atom. The maximum atomic E-state index is 10.7. The molecule has 0 aliphatic carbocycles. The van der Waals surface area contributed by atoms with Gasteiger partial charge in [-0.3, -0.25) is 14.3 Å². The topological polar surface area (TPSA) is 206 Å². The molecular formula is C6H11CuN3O7S. The minimum atomic E-state index is -4.92. The van der Waals surface area contributed by atoms with Crippen molar-refractivity contribution in [3.63, 3.8) is 0 Å². The number of carbonyl (C=O) groups is 1. The Hall–Kier alpha value is -1.11. The van der Waals surface area contributed by atoms with Crippen LogP contribution in [0.5, 0.6) is 0 Å². The van der Waals surface area contributed by atoms with Gasteiger partial charge in [0.1, 0.15) is 0 Å². The quantitative estimate of drug-likeness (QED) is 0.260. The summed E-state index contributed by atoms with van der Waals surface area (Å²) in [7, 11) is -4.92. The molecule has 0 atom stereocenters. The molecule has 1 radical (unpaired) electrons. The van der Waals surface area contributed by atoms with Crippen LogP contribution in [-0.2, 0) is 27.5 Å². The predicted molar refractivity (Wildman–Crippen MR) is 55.6 cm³/mol. The molecule has 1 aromatic heterocycles. The van der Waals surface area contributed by atoms with Crippen LogP contribution in [0.15, 0.2) is 24.5 Å². The third kappa shape index (κ3) is 17.3. The Bertz CT molecular complexity index is 404. The Morgan fingerprint density at radius 3 is 1.94 bits per heavy atom. The van der Waals surface area contributed by atoms with Crippen molar-refractivity contribution in [2.45, 2.75) is 0 Å². The van der Waals surface area contributed by atoms with Gasteiger partial charge in [-0.15, -0.1) is 0 Å². The summed E-state index contributed by atoms with van der Waals surface area (Å²) in [5.41, 5.74) is 2.21. The molecule has 18 heavy (non-hydrogen) atoms. The average Bonchev–Trinajstić information content (AvgIpc) is 2.15. The maximum absolute atomic E-state index is 10.7. The number of nitrogens with one attached hydrogen (secondary N) is 2. The second-order valence-electron chi connectivity index (χ2n) is 2.12. The number of amides is 1. The number of hydrogen-bond acceptors (Lipinski definition) is 5. The van der Waals surface area contributed by atoms with Crippen molar-refractivity contribution in [1.29, 1.82) is 0 Å². The van der Waals surface area contributed by atoms with Gasteiger partial charge in [0.05, 0.1) is 0 Å². The summed E-state index contributed by atoms with van der Waals surface area (Å²) in [6.07, 6.45) is 3.01. The molecule has 7 N–H and O–H groups in total. The van der Waals surface area contributed by atoms with Gasteiger partial charge in [0.25, 0.3) is 0 Å². The summed E-state index contributed by atoms with van der Waals surface area (Å²) in [6, 6.07) is 3.09. The zero-order valence-corrected chi connectivity index (χ0v) is 10.3. The molecule has 10 nitrogen and oxygen atoms in total. The average molecular weight is 333 g/mol. The van der Waals surface area contributed by atoms with Crippen molar-refractivity contribution in [2.75, 3.05) is 0 Å². The first-order chi connectivity index (χ1) is 6.84. The smallest absolute Gasteiger partial charge is 0.726 e. The first-order valence-electron chi connectivity index (χ1n) is 3.40. The van der Waals surface area contributed by atoms with Gasteiger partial charge < -0.3 is 26.8 Å². The molecule has 0 saturated carbocycles. The van der Waals surface area contributed by atoms with Crippen LogP contribution in [-0.4, -0.2) is 39.4 Å². The summed E-state index contributed by atoms with van der Waals surface area (Å²) < 4.78 is 32.8. The number of rotatable bonds is 1. The van der Waals surface area contributed by atoms with E-state index in [1.165, 1.54) is 12.4 Å². The monoisotopic (exact) mass is 332 g/mol. The predicted octanol–water partition coefficient (Wildman–Crippen LogP) is -1.87. The summed E-state index contributed by atoms with van der Waals surface area (Å²) in [6.45, 7) is 0. The van der Waals surface area contributed by atoms with Crippen molar-refractivity contribution < 1.29 is 50.3 Å². The zero-order chi connectivity index (χ0) is 11.9. The van der Waals surface area contributed by atoms with Crippen LogP contribution in [0.4, 0.5) is 0 Å². The number of nitrogens with zero attached hydrogens (tertiary/aromatic N) is 1. The largest absolute Gasteiger partial charge is 2.00 e.